The molecule has 0 spiro atoms. The average Bonchev–Trinajstić information content (AvgIpc) is 2.05. The lowest BCUT2D eigenvalue weighted by Crippen LogP contribution is -1.88. The van der Waals surface area contributed by atoms with E-state index < -0.39 is 4.92 Å². The van der Waals surface area contributed by atoms with Crippen LogP contribution in [0.15, 0.2) is 12.1 Å². The molecule has 0 bridgehead atoms. The smallest absolute Gasteiger partial charge is 0.278 e. The van der Waals surface area contributed by atoms with Crippen LogP contribution >= 0.6 is 0 Å². The Bertz CT molecular complexity index is 255. The number of non-ortho nitro benzene ring substituents is 1. The van der Waals surface area contributed by atoms with Crippen LogP contribution in [0.3, 0.4) is 0 Å². The van der Waals surface area contributed by atoms with Crippen molar-refractivity contribution in [2.24, 2.45) is 0 Å². The van der Waals surface area contributed by atoms with Crippen LogP contribution in [0.25, 0.3) is 0 Å². The summed E-state index contributed by atoms with van der Waals surface area (Å²) in [5, 5.41) is 10.1. The van der Waals surface area contributed by atoms with Crippen molar-refractivity contribution < 1.29 is 9.66 Å². The van der Waals surface area contributed by atoms with E-state index in [9.17, 15) is 10.1 Å². The molecule has 0 aliphatic carbocycles. The number of nitro benzene ring substituents is 1. The summed E-state index contributed by atoms with van der Waals surface area (Å²) in [6.45, 7) is 0. The largest absolute Gasteiger partial charge is 0.496 e. The van der Waals surface area contributed by atoms with E-state index in [1.165, 1.54) is 19.2 Å². The third-order valence-electron chi connectivity index (χ3n) is 1.12. The van der Waals surface area contributed by atoms with Crippen molar-refractivity contribution in [3.63, 3.8) is 0 Å². The fourth-order valence-electron chi connectivity index (χ4n) is 0.586. The van der Waals surface area contributed by atoms with E-state index in [4.69, 9.17) is 4.74 Å². The molecule has 1 aromatic rings. The third kappa shape index (κ3) is 1.67. The van der Waals surface area contributed by atoms with E-state index in [1.54, 1.807) is 0 Å². The Morgan fingerprint density at radius 2 is 2.27 bits per heavy atom. The highest BCUT2D eigenvalue weighted by molar-refractivity contribution is 5.33. The predicted molar refractivity (Wildman–Crippen MR) is 37.3 cm³/mol. The third-order valence-corrected chi connectivity index (χ3v) is 1.12. The van der Waals surface area contributed by atoms with Crippen molar-refractivity contribution in [1.29, 1.82) is 0 Å². The molecule has 0 fully saturated rings. The second-order valence-corrected chi connectivity index (χ2v) is 1.79. The summed E-state index contributed by atoms with van der Waals surface area (Å²) in [6, 6.07) is 7.60. The van der Waals surface area contributed by atoms with Crippen molar-refractivity contribution in [3.8, 4) is 5.75 Å². The van der Waals surface area contributed by atoms with E-state index in [0.717, 1.165) is 0 Å². The molecular weight excluding hydrogens is 146 g/mol. The van der Waals surface area contributed by atoms with Crippen molar-refractivity contribution in [1.82, 2.24) is 0 Å². The number of rotatable bonds is 2. The second kappa shape index (κ2) is 3.01. The maximum atomic E-state index is 10.1. The van der Waals surface area contributed by atoms with Gasteiger partial charge in [0.25, 0.3) is 5.69 Å². The molecule has 0 aliphatic heterocycles. The molecule has 2 radical (unpaired) electrons. The van der Waals surface area contributed by atoms with Crippen molar-refractivity contribution in [2.45, 2.75) is 0 Å². The highest BCUT2D eigenvalue weighted by atomic mass is 16.6. The Labute approximate surface area is 63.6 Å². The number of nitro groups is 1. The first-order valence-electron chi connectivity index (χ1n) is 2.86. The topological polar surface area (TPSA) is 52.4 Å². The molecule has 56 valence electrons. The minimum atomic E-state index is -0.532. The van der Waals surface area contributed by atoms with Gasteiger partial charge in [-0.05, 0) is 6.07 Å². The summed E-state index contributed by atoms with van der Waals surface area (Å²) in [7, 11) is 1.46. The molecule has 1 rings (SSSR count). The highest BCUT2D eigenvalue weighted by Crippen LogP contribution is 2.14. The molecule has 0 heterocycles. The summed E-state index contributed by atoms with van der Waals surface area (Å²) in [4.78, 5) is 9.58. The van der Waals surface area contributed by atoms with E-state index in [1.807, 2.05) is 0 Å². The van der Waals surface area contributed by atoms with Gasteiger partial charge in [-0.15, -0.1) is 0 Å². The number of benzene rings is 1. The van der Waals surface area contributed by atoms with Gasteiger partial charge in [0.15, 0.2) is 0 Å². The van der Waals surface area contributed by atoms with Crippen LogP contribution in [0.2, 0.25) is 0 Å². The molecule has 11 heavy (non-hydrogen) atoms. The van der Waals surface area contributed by atoms with Gasteiger partial charge < -0.3 is 4.74 Å². The number of methoxy groups -OCH3 is 1. The zero-order valence-electron chi connectivity index (χ0n) is 5.83. The van der Waals surface area contributed by atoms with Crippen LogP contribution in [0.4, 0.5) is 5.69 Å². The van der Waals surface area contributed by atoms with Crippen LogP contribution in [0, 0.1) is 22.2 Å². The molecule has 0 saturated carbocycles. The zero-order chi connectivity index (χ0) is 8.27. The SMILES string of the molecule is COc1[c]cc([N+](=O)[O-])[c]c1. The molecule has 1 aromatic carbocycles. The summed E-state index contributed by atoms with van der Waals surface area (Å²) >= 11 is 0. The van der Waals surface area contributed by atoms with Crippen molar-refractivity contribution >= 4 is 5.69 Å². The van der Waals surface area contributed by atoms with Crippen LogP contribution in [0.1, 0.15) is 0 Å². The Kier molecular flexibility index (Phi) is 2.06. The summed E-state index contributed by atoms with van der Waals surface area (Å²) < 4.78 is 4.74. The Balaban J connectivity index is 2.91. The molecule has 4 nitrogen and oxygen atoms in total. The van der Waals surface area contributed by atoms with Gasteiger partial charge >= 0.3 is 0 Å². The average molecular weight is 151 g/mol. The Morgan fingerprint density at radius 1 is 1.55 bits per heavy atom. The first-order valence-corrected chi connectivity index (χ1v) is 2.86. The molecule has 4 heteroatoms. The van der Waals surface area contributed by atoms with E-state index in [2.05, 4.69) is 12.1 Å². The Hall–Kier alpha value is -1.58. The monoisotopic (exact) mass is 151 g/mol. The van der Waals surface area contributed by atoms with Gasteiger partial charge in [-0.3, -0.25) is 10.1 Å². The predicted octanol–water partition coefficient (Wildman–Crippen LogP) is 1.20. The molecule has 0 aromatic heterocycles. The minimum Gasteiger partial charge on any atom is -0.496 e. The highest BCUT2D eigenvalue weighted by Gasteiger charge is 2.03. The summed E-state index contributed by atoms with van der Waals surface area (Å²) in [5.41, 5.74) is -0.106. The lowest BCUT2D eigenvalue weighted by atomic mass is 10.3. The van der Waals surface area contributed by atoms with Crippen LogP contribution < -0.4 is 4.74 Å². The molecule has 0 amide bonds. The number of nitrogens with zero attached hydrogens (tertiary/aromatic N) is 1. The van der Waals surface area contributed by atoms with Crippen molar-refractivity contribution in [2.75, 3.05) is 7.11 Å². The molecule has 0 unspecified atom stereocenters. The first kappa shape index (κ1) is 7.53. The first-order chi connectivity index (χ1) is 5.24. The van der Waals surface area contributed by atoms with Gasteiger partial charge in [0.1, 0.15) is 5.75 Å². The van der Waals surface area contributed by atoms with Gasteiger partial charge in [0, 0.05) is 12.1 Å². The molecule has 0 aliphatic rings. The standard InChI is InChI=1S/C7H5NO3/c1-11-7-4-2-6(3-5-7)8(9)10/h2,5H,1H3. The van der Waals surface area contributed by atoms with Gasteiger partial charge in [-0.25, -0.2) is 0 Å². The van der Waals surface area contributed by atoms with E-state index in [0.29, 0.717) is 5.75 Å². The summed E-state index contributed by atoms with van der Waals surface area (Å²) in [6.07, 6.45) is 0. The molecule has 0 atom stereocenters. The van der Waals surface area contributed by atoms with Gasteiger partial charge in [0.2, 0.25) is 0 Å². The van der Waals surface area contributed by atoms with Gasteiger partial charge in [0.05, 0.1) is 18.1 Å². The number of ether oxygens (including phenoxy) is 1. The lowest BCUT2D eigenvalue weighted by molar-refractivity contribution is -0.385. The van der Waals surface area contributed by atoms with Crippen LogP contribution in [-0.4, -0.2) is 12.0 Å². The van der Waals surface area contributed by atoms with Crippen LogP contribution in [0.5, 0.6) is 5.75 Å². The van der Waals surface area contributed by atoms with Crippen LogP contribution in [-0.2, 0) is 0 Å². The summed E-state index contributed by atoms with van der Waals surface area (Å²) in [5.74, 6) is 0.440. The second-order valence-electron chi connectivity index (χ2n) is 1.79. The quantitative estimate of drug-likeness (QED) is 0.471. The maximum Gasteiger partial charge on any atom is 0.278 e. The zero-order valence-corrected chi connectivity index (χ0v) is 5.83. The number of hydrogen-bond donors (Lipinski definition) is 0. The molecule has 0 N–H and O–H groups in total. The number of hydrogen-bond acceptors (Lipinski definition) is 3. The maximum absolute atomic E-state index is 10.1. The molecule has 0 saturated heterocycles. The van der Waals surface area contributed by atoms with Gasteiger partial charge in [-0.2, -0.15) is 0 Å². The fourth-order valence-corrected chi connectivity index (χ4v) is 0.586. The van der Waals surface area contributed by atoms with Crippen molar-refractivity contribution in [3.05, 3.63) is 34.4 Å². The normalized spacial score (nSPS) is 9.18. The Morgan fingerprint density at radius 3 is 2.64 bits per heavy atom. The lowest BCUT2D eigenvalue weighted by Gasteiger charge is -1.95. The van der Waals surface area contributed by atoms with Gasteiger partial charge in [-0.1, -0.05) is 0 Å². The fraction of sp³-hybridized carbons (Fsp3) is 0.143. The molecular formula is C7H5NO3. The van der Waals surface area contributed by atoms with E-state index in [-0.39, 0.29) is 5.69 Å². The minimum absolute atomic E-state index is 0.106. The van der Waals surface area contributed by atoms with E-state index >= 15 is 0 Å².